The highest BCUT2D eigenvalue weighted by molar-refractivity contribution is 5.93. The van der Waals surface area contributed by atoms with Gasteiger partial charge in [-0.05, 0) is 12.3 Å². The maximum Gasteiger partial charge on any atom is 0.317 e. The quantitative estimate of drug-likeness (QED) is 0.846. The molecule has 2 aromatic rings. The van der Waals surface area contributed by atoms with E-state index >= 15 is 0 Å². The number of nitrogens with two attached hydrogens (primary N) is 1. The monoisotopic (exact) mass is 369 g/mol. The fraction of sp³-hybridized carbons (Fsp3) is 0.450. The van der Waals surface area contributed by atoms with Crippen LogP contribution in [0.1, 0.15) is 36.5 Å². The molecular formula is C20H27N5O2. The van der Waals surface area contributed by atoms with Crippen LogP contribution in [0.2, 0.25) is 0 Å². The van der Waals surface area contributed by atoms with Gasteiger partial charge in [-0.1, -0.05) is 44.2 Å². The second kappa shape index (κ2) is 8.24. The van der Waals surface area contributed by atoms with E-state index in [1.807, 2.05) is 34.9 Å². The molecule has 144 valence electrons. The van der Waals surface area contributed by atoms with Gasteiger partial charge in [0.25, 0.3) is 5.91 Å². The molecule has 0 radical (unpaired) electrons. The van der Waals surface area contributed by atoms with Gasteiger partial charge >= 0.3 is 6.03 Å². The van der Waals surface area contributed by atoms with Gasteiger partial charge < -0.3 is 20.5 Å². The Bertz CT molecular complexity index is 813. The summed E-state index contributed by atoms with van der Waals surface area (Å²) in [5.74, 6) is 0.741. The van der Waals surface area contributed by atoms with E-state index in [1.165, 1.54) is 0 Å². The third-order valence-corrected chi connectivity index (χ3v) is 4.84. The normalized spacial score (nSPS) is 14.0. The van der Waals surface area contributed by atoms with Crippen molar-refractivity contribution in [3.63, 3.8) is 0 Å². The van der Waals surface area contributed by atoms with Gasteiger partial charge in [-0.15, -0.1) is 0 Å². The van der Waals surface area contributed by atoms with E-state index in [0.29, 0.717) is 44.2 Å². The summed E-state index contributed by atoms with van der Waals surface area (Å²) in [5.41, 5.74) is 7.60. The number of amides is 3. The summed E-state index contributed by atoms with van der Waals surface area (Å²) in [7, 11) is 0. The van der Waals surface area contributed by atoms with Crippen molar-refractivity contribution in [2.24, 2.45) is 11.7 Å². The van der Waals surface area contributed by atoms with Crippen molar-refractivity contribution in [1.82, 2.24) is 19.8 Å². The summed E-state index contributed by atoms with van der Waals surface area (Å²) >= 11 is 0. The van der Waals surface area contributed by atoms with Crippen LogP contribution in [-0.2, 0) is 13.0 Å². The van der Waals surface area contributed by atoms with E-state index in [0.717, 1.165) is 23.5 Å². The maximum absolute atomic E-state index is 12.5. The first-order valence-electron chi connectivity index (χ1n) is 9.44. The molecule has 0 spiro atoms. The fourth-order valence-electron chi connectivity index (χ4n) is 3.34. The Hall–Kier alpha value is -2.83. The van der Waals surface area contributed by atoms with Gasteiger partial charge in [0.05, 0.1) is 5.69 Å². The van der Waals surface area contributed by atoms with E-state index in [9.17, 15) is 9.59 Å². The molecule has 0 aliphatic carbocycles. The zero-order chi connectivity index (χ0) is 19.4. The number of benzene rings is 1. The predicted molar refractivity (Wildman–Crippen MR) is 104 cm³/mol. The lowest BCUT2D eigenvalue weighted by Crippen LogP contribution is -2.42. The largest absolute Gasteiger partial charge is 0.364 e. The van der Waals surface area contributed by atoms with Gasteiger partial charge in [-0.25, -0.2) is 9.78 Å². The molecule has 0 atom stereocenters. The van der Waals surface area contributed by atoms with E-state index < -0.39 is 5.91 Å². The highest BCUT2D eigenvalue weighted by atomic mass is 16.2. The predicted octanol–water partition coefficient (Wildman–Crippen LogP) is 2.26. The molecule has 27 heavy (non-hydrogen) atoms. The molecular weight excluding hydrogens is 342 g/mol. The van der Waals surface area contributed by atoms with E-state index in [2.05, 4.69) is 24.1 Å². The Kier molecular flexibility index (Phi) is 5.78. The Morgan fingerprint density at radius 3 is 2.59 bits per heavy atom. The summed E-state index contributed by atoms with van der Waals surface area (Å²) in [6.07, 6.45) is 1.50. The van der Waals surface area contributed by atoms with Crippen molar-refractivity contribution in [2.45, 2.75) is 33.2 Å². The number of fused-ring (bicyclic) bond motifs is 1. The first-order chi connectivity index (χ1) is 13.0. The molecule has 7 nitrogen and oxygen atoms in total. The van der Waals surface area contributed by atoms with Crippen molar-refractivity contribution in [3.05, 3.63) is 41.7 Å². The smallest absolute Gasteiger partial charge is 0.317 e. The van der Waals surface area contributed by atoms with Crippen molar-refractivity contribution in [1.29, 1.82) is 0 Å². The maximum atomic E-state index is 12.5. The summed E-state index contributed by atoms with van der Waals surface area (Å²) in [4.78, 5) is 30.7. The van der Waals surface area contributed by atoms with Gasteiger partial charge in [-0.2, -0.15) is 0 Å². The minimum Gasteiger partial charge on any atom is -0.364 e. The minimum atomic E-state index is -0.532. The number of hydrogen-bond acceptors (Lipinski definition) is 3. The number of rotatable bonds is 5. The number of nitrogens with one attached hydrogen (secondary N) is 1. The number of primary amides is 1. The number of urea groups is 1. The topological polar surface area (TPSA) is 93.2 Å². The summed E-state index contributed by atoms with van der Waals surface area (Å²) < 4.78 is 2.02. The van der Waals surface area contributed by atoms with Crippen LogP contribution >= 0.6 is 0 Å². The SMILES string of the molecule is CC(C)CCNC(=O)N1CCc2c(C(N)=O)nc(-c3ccccc3)n2CC1. The van der Waals surface area contributed by atoms with Crippen LogP contribution in [0.25, 0.3) is 11.4 Å². The molecule has 0 unspecified atom stereocenters. The fourth-order valence-corrected chi connectivity index (χ4v) is 3.34. The van der Waals surface area contributed by atoms with Crippen molar-refractivity contribution < 1.29 is 9.59 Å². The van der Waals surface area contributed by atoms with Gasteiger partial charge in [0, 0.05) is 38.2 Å². The van der Waals surface area contributed by atoms with E-state index in [-0.39, 0.29) is 6.03 Å². The molecule has 7 heteroatoms. The third kappa shape index (κ3) is 4.30. The van der Waals surface area contributed by atoms with Crippen LogP contribution in [0.4, 0.5) is 4.79 Å². The Labute approximate surface area is 159 Å². The summed E-state index contributed by atoms with van der Waals surface area (Å²) in [6.45, 7) is 6.62. The first kappa shape index (κ1) is 18.9. The van der Waals surface area contributed by atoms with Crippen LogP contribution < -0.4 is 11.1 Å². The zero-order valence-electron chi connectivity index (χ0n) is 15.9. The van der Waals surface area contributed by atoms with Crippen LogP contribution in [0.5, 0.6) is 0 Å². The number of carbonyl (C=O) groups excluding carboxylic acids is 2. The number of nitrogens with zero attached hydrogens (tertiary/aromatic N) is 3. The zero-order valence-corrected chi connectivity index (χ0v) is 15.9. The standard InChI is InChI=1S/C20H27N5O2/c1-14(2)8-10-22-20(27)24-11-9-16-17(18(21)26)23-19(25(16)13-12-24)15-6-4-3-5-7-15/h3-7,14H,8-13H2,1-2H3,(H2,21,26)(H,22,27). The molecule has 1 aliphatic rings. The van der Waals surface area contributed by atoms with Gasteiger partial charge in [0.1, 0.15) is 11.5 Å². The molecule has 1 aromatic carbocycles. The molecule has 0 bridgehead atoms. The molecule has 0 saturated carbocycles. The van der Waals surface area contributed by atoms with Crippen LogP contribution in [0.3, 0.4) is 0 Å². The molecule has 3 rings (SSSR count). The Morgan fingerprint density at radius 1 is 1.19 bits per heavy atom. The van der Waals surface area contributed by atoms with Gasteiger partial charge in [-0.3, -0.25) is 4.79 Å². The summed E-state index contributed by atoms with van der Waals surface area (Å²) in [5, 5.41) is 2.98. The van der Waals surface area contributed by atoms with Crippen molar-refractivity contribution >= 4 is 11.9 Å². The van der Waals surface area contributed by atoms with Crippen LogP contribution in [-0.4, -0.2) is 46.0 Å². The number of aromatic nitrogens is 2. The minimum absolute atomic E-state index is 0.0590. The number of hydrogen-bond donors (Lipinski definition) is 2. The Balaban J connectivity index is 1.80. The molecule has 2 heterocycles. The lowest BCUT2D eigenvalue weighted by Gasteiger charge is -2.21. The van der Waals surface area contributed by atoms with Gasteiger partial charge in [0.2, 0.25) is 0 Å². The molecule has 3 amide bonds. The summed E-state index contributed by atoms with van der Waals surface area (Å²) in [6, 6.07) is 9.67. The van der Waals surface area contributed by atoms with Crippen molar-refractivity contribution in [3.8, 4) is 11.4 Å². The van der Waals surface area contributed by atoms with Crippen molar-refractivity contribution in [2.75, 3.05) is 19.6 Å². The third-order valence-electron chi connectivity index (χ3n) is 4.84. The number of carbonyl (C=O) groups is 2. The van der Waals surface area contributed by atoms with Gasteiger partial charge in [0.15, 0.2) is 0 Å². The van der Waals surface area contributed by atoms with Crippen LogP contribution in [0, 0.1) is 5.92 Å². The highest BCUT2D eigenvalue weighted by Gasteiger charge is 2.26. The average molecular weight is 369 g/mol. The lowest BCUT2D eigenvalue weighted by atomic mass is 10.1. The Morgan fingerprint density at radius 2 is 1.93 bits per heavy atom. The molecule has 1 aromatic heterocycles. The lowest BCUT2D eigenvalue weighted by molar-refractivity contribution is 0.0995. The number of imidazole rings is 1. The molecule has 0 saturated heterocycles. The molecule has 3 N–H and O–H groups in total. The average Bonchev–Trinajstić information content (AvgIpc) is 2.87. The first-order valence-corrected chi connectivity index (χ1v) is 9.44. The van der Waals surface area contributed by atoms with Crippen LogP contribution in [0.15, 0.2) is 30.3 Å². The van der Waals surface area contributed by atoms with E-state index in [1.54, 1.807) is 4.90 Å². The second-order valence-electron chi connectivity index (χ2n) is 7.26. The highest BCUT2D eigenvalue weighted by Crippen LogP contribution is 2.24. The second-order valence-corrected chi connectivity index (χ2v) is 7.26. The van der Waals surface area contributed by atoms with E-state index in [4.69, 9.17) is 5.73 Å². The molecule has 1 aliphatic heterocycles. The molecule has 0 fully saturated rings.